The normalized spacial score (nSPS) is 10.6. The summed E-state index contributed by atoms with van der Waals surface area (Å²) in [6.07, 6.45) is 8.66. The van der Waals surface area contributed by atoms with Crippen molar-refractivity contribution in [1.29, 1.82) is 0 Å². The number of oxazole rings is 1. The summed E-state index contributed by atoms with van der Waals surface area (Å²) in [5.41, 5.74) is 3.22. The van der Waals surface area contributed by atoms with E-state index in [2.05, 4.69) is 46.5 Å². The van der Waals surface area contributed by atoms with Gasteiger partial charge in [-0.3, -0.25) is 4.98 Å². The van der Waals surface area contributed by atoms with Crippen LogP contribution in [0.4, 0.5) is 11.5 Å². The highest BCUT2D eigenvalue weighted by Crippen LogP contribution is 2.23. The number of anilines is 2. The maximum atomic E-state index is 5.55. The molecule has 112 valence electrons. The van der Waals surface area contributed by atoms with Crippen molar-refractivity contribution in [2.45, 2.75) is 26.2 Å². The molecule has 2 aromatic heterocycles. The molecule has 0 amide bonds. The molecule has 0 aliphatic rings. The number of nitrogens with one attached hydrogen (secondary N) is 1. The predicted molar refractivity (Wildman–Crippen MR) is 88.1 cm³/mol. The molecule has 0 aliphatic carbocycles. The summed E-state index contributed by atoms with van der Waals surface area (Å²) in [4.78, 5) is 8.52. The van der Waals surface area contributed by atoms with Crippen molar-refractivity contribution in [1.82, 2.24) is 9.97 Å². The second kappa shape index (κ2) is 6.89. The lowest BCUT2D eigenvalue weighted by Gasteiger charge is -2.01. The Hall–Kier alpha value is -2.62. The van der Waals surface area contributed by atoms with Gasteiger partial charge in [0, 0.05) is 11.8 Å². The van der Waals surface area contributed by atoms with Gasteiger partial charge in [0.2, 0.25) is 5.89 Å². The van der Waals surface area contributed by atoms with E-state index < -0.39 is 0 Å². The van der Waals surface area contributed by atoms with Crippen LogP contribution < -0.4 is 5.32 Å². The lowest BCUT2D eigenvalue weighted by molar-refractivity contribution is 0.575. The Balaban J connectivity index is 1.70. The number of rotatable bonds is 6. The quantitative estimate of drug-likeness (QED) is 0.707. The fraction of sp³-hybridized carbons (Fsp3) is 0.222. The highest BCUT2D eigenvalue weighted by molar-refractivity contribution is 5.59. The largest absolute Gasteiger partial charge is 0.442 e. The minimum absolute atomic E-state index is 0.619. The smallest absolute Gasteiger partial charge is 0.227 e. The van der Waals surface area contributed by atoms with Crippen LogP contribution in [0.2, 0.25) is 0 Å². The Kier molecular flexibility index (Phi) is 4.49. The molecule has 0 bridgehead atoms. The van der Waals surface area contributed by atoms with Gasteiger partial charge in [-0.25, -0.2) is 0 Å². The number of benzene rings is 1. The number of aryl methyl sites for hydroxylation is 1. The molecule has 3 rings (SSSR count). The van der Waals surface area contributed by atoms with Gasteiger partial charge in [0.25, 0.3) is 0 Å². The first kappa shape index (κ1) is 14.3. The Morgan fingerprint density at radius 1 is 1.14 bits per heavy atom. The number of nitrogens with zero attached hydrogens (tertiary/aromatic N) is 2. The van der Waals surface area contributed by atoms with Gasteiger partial charge < -0.3 is 9.73 Å². The molecule has 0 aliphatic heterocycles. The molecular weight excluding hydrogens is 274 g/mol. The first-order valence-electron chi connectivity index (χ1n) is 7.57. The summed E-state index contributed by atoms with van der Waals surface area (Å²) in [6.45, 7) is 2.21. The van der Waals surface area contributed by atoms with Crippen LogP contribution in [-0.4, -0.2) is 9.97 Å². The zero-order chi connectivity index (χ0) is 15.2. The Labute approximate surface area is 130 Å². The number of unbranched alkanes of at least 4 members (excludes halogenated alkanes) is 1. The van der Waals surface area contributed by atoms with Gasteiger partial charge >= 0.3 is 0 Å². The van der Waals surface area contributed by atoms with Crippen LogP contribution in [0.1, 0.15) is 25.3 Å². The van der Waals surface area contributed by atoms with Crippen LogP contribution in [0.5, 0.6) is 0 Å². The van der Waals surface area contributed by atoms with Gasteiger partial charge in [-0.1, -0.05) is 25.5 Å². The van der Waals surface area contributed by atoms with Crippen molar-refractivity contribution in [3.05, 3.63) is 60.6 Å². The molecule has 22 heavy (non-hydrogen) atoms. The zero-order valence-corrected chi connectivity index (χ0v) is 12.6. The molecule has 0 unspecified atom stereocenters. The zero-order valence-electron chi connectivity index (χ0n) is 12.6. The lowest BCUT2D eigenvalue weighted by Crippen LogP contribution is -1.90. The van der Waals surface area contributed by atoms with Crippen molar-refractivity contribution in [2.75, 3.05) is 5.32 Å². The van der Waals surface area contributed by atoms with E-state index in [0.717, 1.165) is 17.7 Å². The van der Waals surface area contributed by atoms with Crippen molar-refractivity contribution in [3.8, 4) is 11.5 Å². The Bertz CT molecular complexity index is 705. The standard InChI is InChI=1S/C18H19N3O/c1-2-3-5-14-7-9-15(10-8-14)18-21-17(13-22-18)20-16-6-4-11-19-12-16/h4,6-13,20H,2-3,5H2,1H3. The van der Waals surface area contributed by atoms with E-state index in [9.17, 15) is 0 Å². The second-order valence-corrected chi connectivity index (χ2v) is 5.21. The molecule has 2 heterocycles. The van der Waals surface area contributed by atoms with Crippen LogP contribution in [0.3, 0.4) is 0 Å². The number of pyridine rings is 1. The molecule has 1 aromatic carbocycles. The molecule has 4 nitrogen and oxygen atoms in total. The maximum absolute atomic E-state index is 5.55. The molecule has 0 saturated carbocycles. The average molecular weight is 293 g/mol. The fourth-order valence-corrected chi connectivity index (χ4v) is 2.24. The Morgan fingerprint density at radius 3 is 2.73 bits per heavy atom. The molecule has 0 fully saturated rings. The third-order valence-corrected chi connectivity index (χ3v) is 3.46. The van der Waals surface area contributed by atoms with Gasteiger partial charge in [0.05, 0.1) is 11.9 Å². The predicted octanol–water partition coefficient (Wildman–Crippen LogP) is 4.82. The van der Waals surface area contributed by atoms with Gasteiger partial charge in [0.1, 0.15) is 6.26 Å². The molecule has 4 heteroatoms. The minimum atomic E-state index is 0.619. The van der Waals surface area contributed by atoms with Crippen molar-refractivity contribution >= 4 is 11.5 Å². The summed E-state index contributed by atoms with van der Waals surface area (Å²) in [7, 11) is 0. The van der Waals surface area contributed by atoms with Crippen LogP contribution in [0, 0.1) is 0 Å². The first-order valence-corrected chi connectivity index (χ1v) is 7.57. The van der Waals surface area contributed by atoms with E-state index in [1.54, 1.807) is 18.7 Å². The summed E-state index contributed by atoms with van der Waals surface area (Å²) < 4.78 is 5.55. The Morgan fingerprint density at radius 2 is 2.00 bits per heavy atom. The first-order chi connectivity index (χ1) is 10.8. The minimum Gasteiger partial charge on any atom is -0.442 e. The summed E-state index contributed by atoms with van der Waals surface area (Å²) in [5, 5.41) is 3.17. The van der Waals surface area contributed by atoms with Gasteiger partial charge in [-0.05, 0) is 42.7 Å². The van der Waals surface area contributed by atoms with Crippen LogP contribution in [0.25, 0.3) is 11.5 Å². The maximum Gasteiger partial charge on any atom is 0.227 e. The van der Waals surface area contributed by atoms with Crippen LogP contribution in [-0.2, 0) is 6.42 Å². The van der Waals surface area contributed by atoms with Crippen molar-refractivity contribution in [3.63, 3.8) is 0 Å². The molecule has 0 radical (unpaired) electrons. The number of hydrogen-bond acceptors (Lipinski definition) is 4. The monoisotopic (exact) mass is 293 g/mol. The number of aromatic nitrogens is 2. The highest BCUT2D eigenvalue weighted by Gasteiger charge is 2.07. The van der Waals surface area contributed by atoms with E-state index in [1.807, 2.05) is 12.1 Å². The summed E-state index contributed by atoms with van der Waals surface area (Å²) >= 11 is 0. The van der Waals surface area contributed by atoms with E-state index in [-0.39, 0.29) is 0 Å². The lowest BCUT2D eigenvalue weighted by atomic mass is 10.1. The van der Waals surface area contributed by atoms with Gasteiger partial charge in [-0.2, -0.15) is 4.98 Å². The summed E-state index contributed by atoms with van der Waals surface area (Å²) in [6, 6.07) is 12.2. The third-order valence-electron chi connectivity index (χ3n) is 3.46. The second-order valence-electron chi connectivity index (χ2n) is 5.21. The van der Waals surface area contributed by atoms with Crippen molar-refractivity contribution in [2.24, 2.45) is 0 Å². The highest BCUT2D eigenvalue weighted by atomic mass is 16.3. The number of hydrogen-bond donors (Lipinski definition) is 1. The molecule has 0 saturated heterocycles. The van der Waals surface area contributed by atoms with Crippen LogP contribution >= 0.6 is 0 Å². The fourth-order valence-electron chi connectivity index (χ4n) is 2.24. The summed E-state index contributed by atoms with van der Waals surface area (Å²) in [5.74, 6) is 1.30. The van der Waals surface area contributed by atoms with E-state index in [1.165, 1.54) is 18.4 Å². The van der Waals surface area contributed by atoms with Gasteiger partial charge in [-0.15, -0.1) is 0 Å². The van der Waals surface area contributed by atoms with E-state index >= 15 is 0 Å². The van der Waals surface area contributed by atoms with Gasteiger partial charge in [0.15, 0.2) is 5.82 Å². The van der Waals surface area contributed by atoms with Crippen LogP contribution in [0.15, 0.2) is 59.5 Å². The molecule has 1 N–H and O–H groups in total. The average Bonchev–Trinajstić information content (AvgIpc) is 3.03. The molecule has 3 aromatic rings. The molecular formula is C18H19N3O. The third kappa shape index (κ3) is 3.52. The van der Waals surface area contributed by atoms with E-state index in [0.29, 0.717) is 11.7 Å². The molecule has 0 atom stereocenters. The topological polar surface area (TPSA) is 51.0 Å². The molecule has 0 spiro atoms. The SMILES string of the molecule is CCCCc1ccc(-c2nc(Nc3cccnc3)co2)cc1. The van der Waals surface area contributed by atoms with E-state index in [4.69, 9.17) is 4.42 Å². The van der Waals surface area contributed by atoms with Crippen molar-refractivity contribution < 1.29 is 4.42 Å².